The van der Waals surface area contributed by atoms with Gasteiger partial charge in [-0.2, -0.15) is 0 Å². The van der Waals surface area contributed by atoms with E-state index in [1.165, 1.54) is 42.4 Å². The van der Waals surface area contributed by atoms with E-state index in [-0.39, 0.29) is 5.41 Å². The molecule has 3 aliphatic rings. The summed E-state index contributed by atoms with van der Waals surface area (Å²) in [4.78, 5) is 6.65. The van der Waals surface area contributed by atoms with E-state index in [9.17, 15) is 0 Å². The lowest BCUT2D eigenvalue weighted by Crippen LogP contribution is -2.60. The van der Waals surface area contributed by atoms with E-state index in [2.05, 4.69) is 72.3 Å². The van der Waals surface area contributed by atoms with Gasteiger partial charge in [-0.25, -0.2) is 0 Å². The highest BCUT2D eigenvalue weighted by Crippen LogP contribution is 2.55. The number of fused-ring (bicyclic) bond motifs is 10. The van der Waals surface area contributed by atoms with Crippen LogP contribution in [0.5, 0.6) is 0 Å². The minimum atomic E-state index is 0.270. The second kappa shape index (κ2) is 5.01. The van der Waals surface area contributed by atoms with Gasteiger partial charge < -0.3 is 4.98 Å². The van der Waals surface area contributed by atoms with Gasteiger partial charge in [0, 0.05) is 29.2 Å². The van der Waals surface area contributed by atoms with Crippen LogP contribution in [0.25, 0.3) is 10.9 Å². The topological polar surface area (TPSA) is 19.0 Å². The van der Waals surface area contributed by atoms with E-state index in [4.69, 9.17) is 0 Å². The first-order valence-corrected chi connectivity index (χ1v) is 10.1. The first-order valence-electron chi connectivity index (χ1n) is 10.1. The van der Waals surface area contributed by atoms with Crippen LogP contribution in [-0.2, 0) is 18.3 Å². The zero-order valence-corrected chi connectivity index (χ0v) is 15.6. The zero-order valence-electron chi connectivity index (χ0n) is 15.6. The molecule has 2 bridgehead atoms. The average Bonchev–Trinajstić information content (AvgIpc) is 3.04. The van der Waals surface area contributed by atoms with Crippen molar-refractivity contribution in [1.29, 1.82) is 0 Å². The molecule has 132 valence electrons. The van der Waals surface area contributed by atoms with E-state index in [0.29, 0.717) is 18.0 Å². The lowest BCUT2D eigenvalue weighted by molar-refractivity contribution is -0.0218. The number of hydrogen-bond acceptors (Lipinski definition) is 1. The van der Waals surface area contributed by atoms with Crippen LogP contribution in [0.15, 0.2) is 48.5 Å². The summed E-state index contributed by atoms with van der Waals surface area (Å²) < 4.78 is 0. The third kappa shape index (κ3) is 1.76. The quantitative estimate of drug-likeness (QED) is 0.610. The number of rotatable bonds is 0. The molecule has 2 aliphatic heterocycles. The Kier molecular flexibility index (Phi) is 2.90. The lowest BCUT2D eigenvalue weighted by atomic mass is 9.56. The summed E-state index contributed by atoms with van der Waals surface area (Å²) in [5.41, 5.74) is 7.85. The molecule has 1 aromatic heterocycles. The fourth-order valence-electron chi connectivity index (χ4n) is 6.38. The smallest absolute Gasteiger partial charge is 0.0513 e. The molecule has 26 heavy (non-hydrogen) atoms. The predicted octanol–water partition coefficient (Wildman–Crippen LogP) is 4.99. The van der Waals surface area contributed by atoms with Crippen LogP contribution in [-0.4, -0.2) is 22.5 Å². The van der Waals surface area contributed by atoms with Crippen molar-refractivity contribution in [2.75, 3.05) is 6.54 Å². The van der Waals surface area contributed by atoms with Crippen molar-refractivity contribution in [2.24, 2.45) is 5.92 Å². The number of nitrogens with zero attached hydrogens (tertiary/aromatic N) is 1. The van der Waals surface area contributed by atoms with Gasteiger partial charge in [-0.1, -0.05) is 56.3 Å². The molecular formula is C24H26N2. The second-order valence-electron chi connectivity index (χ2n) is 8.91. The van der Waals surface area contributed by atoms with Crippen LogP contribution >= 0.6 is 0 Å². The van der Waals surface area contributed by atoms with Gasteiger partial charge in [0.25, 0.3) is 0 Å². The van der Waals surface area contributed by atoms with Gasteiger partial charge >= 0.3 is 0 Å². The number of aromatic nitrogens is 1. The molecule has 2 aromatic carbocycles. The van der Waals surface area contributed by atoms with Crippen molar-refractivity contribution in [3.05, 3.63) is 70.9 Å². The van der Waals surface area contributed by atoms with Crippen LogP contribution < -0.4 is 0 Å². The maximum absolute atomic E-state index is 3.82. The molecular weight excluding hydrogens is 316 g/mol. The maximum atomic E-state index is 3.82. The highest BCUT2D eigenvalue weighted by atomic mass is 15.2. The molecule has 3 heterocycles. The predicted molar refractivity (Wildman–Crippen MR) is 107 cm³/mol. The summed E-state index contributed by atoms with van der Waals surface area (Å²) in [6, 6.07) is 19.3. The summed E-state index contributed by atoms with van der Waals surface area (Å²) in [5.74, 6) is 0.708. The van der Waals surface area contributed by atoms with Crippen LogP contribution in [0.3, 0.4) is 0 Å². The highest BCUT2D eigenvalue weighted by molar-refractivity contribution is 5.85. The van der Waals surface area contributed by atoms with Gasteiger partial charge in [-0.15, -0.1) is 0 Å². The fourth-order valence-corrected chi connectivity index (χ4v) is 6.38. The Morgan fingerprint density at radius 2 is 1.88 bits per heavy atom. The average molecular weight is 342 g/mol. The molecule has 2 nitrogen and oxygen atoms in total. The van der Waals surface area contributed by atoms with E-state index in [0.717, 1.165) is 0 Å². The summed E-state index contributed by atoms with van der Waals surface area (Å²) in [6.07, 6.45) is 3.61. The molecule has 2 heteroatoms. The number of piperidine rings is 1. The molecule has 1 saturated heterocycles. The Hall–Kier alpha value is -2.06. The van der Waals surface area contributed by atoms with E-state index < -0.39 is 0 Å². The van der Waals surface area contributed by atoms with E-state index >= 15 is 0 Å². The van der Waals surface area contributed by atoms with Crippen LogP contribution in [0, 0.1) is 5.92 Å². The normalized spacial score (nSPS) is 32.8. The minimum Gasteiger partial charge on any atom is -0.357 e. The van der Waals surface area contributed by atoms with Gasteiger partial charge in [0.15, 0.2) is 0 Å². The van der Waals surface area contributed by atoms with Crippen molar-refractivity contribution in [3.8, 4) is 0 Å². The van der Waals surface area contributed by atoms with E-state index in [1.807, 2.05) is 0 Å². The first kappa shape index (κ1) is 15.0. The van der Waals surface area contributed by atoms with Gasteiger partial charge in [-0.3, -0.25) is 4.90 Å². The molecule has 0 saturated carbocycles. The molecule has 0 radical (unpaired) electrons. The molecule has 4 atom stereocenters. The summed E-state index contributed by atoms with van der Waals surface area (Å²) in [6.45, 7) is 6.22. The SMILES string of the molecule is C[C@H]1C2Cc3ccccc3[C@]1(C)CC1c3[nH]c4ccccc4c3CCN12. The van der Waals surface area contributed by atoms with Gasteiger partial charge in [-0.05, 0) is 53.4 Å². The van der Waals surface area contributed by atoms with Crippen LogP contribution in [0.1, 0.15) is 48.7 Å². The first-order chi connectivity index (χ1) is 12.7. The standard InChI is InChI=1S/C24H26N2/c1-15-21-13-16-7-3-5-9-19(16)24(15,2)14-22-23-18(11-12-26(21)22)17-8-4-6-10-20(17)25-23/h3-10,15,21-22,25H,11-14H2,1-2H3/t15-,21?,22?,24+/m0/s1. The third-order valence-corrected chi connectivity index (χ3v) is 7.89. The molecule has 2 unspecified atom stereocenters. The molecule has 1 fully saturated rings. The highest BCUT2D eigenvalue weighted by Gasteiger charge is 2.53. The van der Waals surface area contributed by atoms with Crippen LogP contribution in [0.2, 0.25) is 0 Å². The Labute approximate surface area is 155 Å². The van der Waals surface area contributed by atoms with Crippen molar-refractivity contribution >= 4 is 10.9 Å². The lowest BCUT2D eigenvalue weighted by Gasteiger charge is -2.59. The number of H-pyrrole nitrogens is 1. The number of benzene rings is 2. The van der Waals surface area contributed by atoms with Crippen LogP contribution in [0.4, 0.5) is 0 Å². The second-order valence-corrected chi connectivity index (χ2v) is 8.91. The Morgan fingerprint density at radius 3 is 2.81 bits per heavy atom. The summed E-state index contributed by atoms with van der Waals surface area (Å²) >= 11 is 0. The van der Waals surface area contributed by atoms with Crippen molar-refractivity contribution in [1.82, 2.24) is 9.88 Å². The summed E-state index contributed by atoms with van der Waals surface area (Å²) in [7, 11) is 0. The fraction of sp³-hybridized carbons (Fsp3) is 0.417. The monoisotopic (exact) mass is 342 g/mol. The third-order valence-electron chi connectivity index (χ3n) is 7.89. The number of nitrogens with one attached hydrogen (secondary N) is 1. The van der Waals surface area contributed by atoms with E-state index in [1.54, 1.807) is 16.7 Å². The van der Waals surface area contributed by atoms with Gasteiger partial charge in [0.05, 0.1) is 6.04 Å². The zero-order chi connectivity index (χ0) is 17.5. The largest absolute Gasteiger partial charge is 0.357 e. The van der Waals surface area contributed by atoms with Gasteiger partial charge in [0.1, 0.15) is 0 Å². The Morgan fingerprint density at radius 1 is 1.08 bits per heavy atom. The van der Waals surface area contributed by atoms with Crippen molar-refractivity contribution < 1.29 is 0 Å². The van der Waals surface area contributed by atoms with Crippen molar-refractivity contribution in [3.63, 3.8) is 0 Å². The molecule has 1 aliphatic carbocycles. The van der Waals surface area contributed by atoms with Crippen molar-refractivity contribution in [2.45, 2.75) is 50.6 Å². The Balaban J connectivity index is 1.54. The Bertz CT molecular complexity index is 1020. The molecule has 6 rings (SSSR count). The molecule has 3 aromatic rings. The van der Waals surface area contributed by atoms with Gasteiger partial charge in [0.2, 0.25) is 0 Å². The minimum absolute atomic E-state index is 0.270. The molecule has 1 N–H and O–H groups in total. The number of hydrogen-bond donors (Lipinski definition) is 1. The molecule has 0 amide bonds. The number of para-hydroxylation sites is 1. The number of aromatic amines is 1. The maximum Gasteiger partial charge on any atom is 0.0513 e. The summed E-state index contributed by atoms with van der Waals surface area (Å²) in [5, 5.41) is 1.44. The molecule has 0 spiro atoms.